The van der Waals surface area contributed by atoms with E-state index in [1.807, 2.05) is 0 Å². The lowest BCUT2D eigenvalue weighted by Crippen LogP contribution is -2.37. The minimum Gasteiger partial charge on any atom is -0.394 e. The van der Waals surface area contributed by atoms with Gasteiger partial charge >= 0.3 is 5.69 Å². The average molecular weight is 302 g/mol. The minimum atomic E-state index is -1.40. The number of aromatic nitrogens is 2. The molecule has 9 heteroatoms. The number of hydrogen-bond donors (Lipinski definition) is 5. The van der Waals surface area contributed by atoms with Crippen LogP contribution in [0.1, 0.15) is 18.6 Å². The molecule has 0 radical (unpaired) electrons. The Kier molecular flexibility index (Phi) is 4.59. The molecule has 1 aromatic heterocycles. The van der Waals surface area contributed by atoms with Crippen LogP contribution in [0, 0.1) is 0 Å². The van der Waals surface area contributed by atoms with Crippen molar-refractivity contribution in [2.24, 2.45) is 0 Å². The average Bonchev–Trinajstić information content (AvgIpc) is 2.69. The molecule has 118 valence electrons. The van der Waals surface area contributed by atoms with Crippen LogP contribution in [0.4, 0.5) is 0 Å². The zero-order valence-electron chi connectivity index (χ0n) is 11.3. The topological polar surface area (TPSA) is 145 Å². The quantitative estimate of drug-likeness (QED) is 0.400. The summed E-state index contributed by atoms with van der Waals surface area (Å²) in [6.45, 7) is 0.918. The van der Waals surface area contributed by atoms with Gasteiger partial charge in [0.25, 0.3) is 5.56 Å². The molecular formula is C12H18N2O7. The van der Waals surface area contributed by atoms with Crippen molar-refractivity contribution < 1.29 is 25.2 Å². The number of hydrogen-bond acceptors (Lipinski definition) is 7. The number of nitrogens with one attached hydrogen (secondary N) is 1. The van der Waals surface area contributed by atoms with Gasteiger partial charge in [0, 0.05) is 6.20 Å². The first-order valence-corrected chi connectivity index (χ1v) is 6.49. The zero-order chi connectivity index (χ0) is 15.7. The van der Waals surface area contributed by atoms with Crippen LogP contribution in [0.15, 0.2) is 15.8 Å². The second-order valence-electron chi connectivity index (χ2n) is 5.10. The van der Waals surface area contributed by atoms with Crippen LogP contribution in [-0.4, -0.2) is 61.0 Å². The highest BCUT2D eigenvalue weighted by Crippen LogP contribution is 2.31. The smallest absolute Gasteiger partial charge is 0.328 e. The molecule has 5 N–H and O–H groups in total. The maximum atomic E-state index is 11.8. The van der Waals surface area contributed by atoms with Crippen LogP contribution < -0.4 is 11.2 Å². The first-order chi connectivity index (χ1) is 9.85. The van der Waals surface area contributed by atoms with Crippen molar-refractivity contribution in [3.05, 3.63) is 32.6 Å². The van der Waals surface area contributed by atoms with E-state index in [0.717, 1.165) is 4.57 Å². The third-order valence-corrected chi connectivity index (χ3v) is 3.35. The maximum Gasteiger partial charge on any atom is 0.328 e. The normalized spacial score (nSPS) is 30.5. The Balaban J connectivity index is 2.40. The maximum absolute atomic E-state index is 11.8. The van der Waals surface area contributed by atoms with Crippen LogP contribution in [0.25, 0.3) is 0 Å². The second kappa shape index (κ2) is 6.08. The van der Waals surface area contributed by atoms with Crippen LogP contribution in [-0.2, 0) is 11.3 Å². The van der Waals surface area contributed by atoms with Crippen molar-refractivity contribution in [3.8, 4) is 0 Å². The highest BCUT2D eigenvalue weighted by atomic mass is 16.6. The summed E-state index contributed by atoms with van der Waals surface area (Å²) in [4.78, 5) is 25.5. The molecule has 0 spiro atoms. The van der Waals surface area contributed by atoms with Gasteiger partial charge in [-0.3, -0.25) is 14.3 Å². The van der Waals surface area contributed by atoms with E-state index in [1.54, 1.807) is 0 Å². The van der Waals surface area contributed by atoms with E-state index in [4.69, 9.17) is 9.84 Å². The highest BCUT2D eigenvalue weighted by molar-refractivity contribution is 5.14. The number of aromatic amines is 1. The molecule has 1 unspecified atom stereocenters. The summed E-state index contributed by atoms with van der Waals surface area (Å²) >= 11 is 0. The lowest BCUT2D eigenvalue weighted by molar-refractivity contribution is -0.0234. The van der Waals surface area contributed by atoms with Gasteiger partial charge < -0.3 is 25.2 Å². The predicted molar refractivity (Wildman–Crippen MR) is 69.7 cm³/mol. The first kappa shape index (κ1) is 15.9. The SMILES string of the molecule is CC(O)Cn1cc([C@@H]2O[C@H](CO)[C@@H](O)[C@H]2O)c(=O)[nH]c1=O. The third-order valence-electron chi connectivity index (χ3n) is 3.35. The molecule has 1 aliphatic heterocycles. The molecule has 2 rings (SSSR count). The Labute approximate surface area is 119 Å². The fraction of sp³-hybridized carbons (Fsp3) is 0.667. The van der Waals surface area contributed by atoms with Crippen molar-refractivity contribution in [1.29, 1.82) is 0 Å². The summed E-state index contributed by atoms with van der Waals surface area (Å²) in [5.41, 5.74) is -1.51. The predicted octanol–water partition coefficient (Wildman–Crippen LogP) is -2.93. The molecule has 2 heterocycles. The number of aliphatic hydroxyl groups is 4. The molecule has 0 amide bonds. The zero-order valence-corrected chi connectivity index (χ0v) is 11.3. The van der Waals surface area contributed by atoms with E-state index in [9.17, 15) is 24.9 Å². The van der Waals surface area contributed by atoms with Gasteiger partial charge in [0.2, 0.25) is 0 Å². The molecule has 9 nitrogen and oxygen atoms in total. The van der Waals surface area contributed by atoms with Crippen LogP contribution in [0.3, 0.4) is 0 Å². The summed E-state index contributed by atoms with van der Waals surface area (Å²) in [5.74, 6) is 0. The Morgan fingerprint density at radius 1 is 1.38 bits per heavy atom. The molecular weight excluding hydrogens is 284 g/mol. The van der Waals surface area contributed by atoms with Crippen LogP contribution in [0.5, 0.6) is 0 Å². The number of aliphatic hydroxyl groups excluding tert-OH is 4. The molecule has 21 heavy (non-hydrogen) atoms. The molecule has 0 saturated carbocycles. The monoisotopic (exact) mass is 302 g/mol. The minimum absolute atomic E-state index is 0.0442. The Bertz CT molecular complexity index is 608. The van der Waals surface area contributed by atoms with Gasteiger partial charge in [0.05, 0.1) is 24.8 Å². The number of rotatable bonds is 4. The Morgan fingerprint density at radius 3 is 2.57 bits per heavy atom. The number of nitrogens with zero attached hydrogens (tertiary/aromatic N) is 1. The molecule has 1 saturated heterocycles. The number of H-pyrrole nitrogens is 1. The van der Waals surface area contributed by atoms with Crippen molar-refractivity contribution in [3.63, 3.8) is 0 Å². The van der Waals surface area contributed by atoms with E-state index in [1.165, 1.54) is 13.1 Å². The van der Waals surface area contributed by atoms with Gasteiger partial charge in [-0.25, -0.2) is 4.79 Å². The second-order valence-corrected chi connectivity index (χ2v) is 5.10. The van der Waals surface area contributed by atoms with Gasteiger partial charge in [-0.2, -0.15) is 0 Å². The largest absolute Gasteiger partial charge is 0.394 e. The molecule has 0 aromatic carbocycles. The summed E-state index contributed by atoms with van der Waals surface area (Å²) in [7, 11) is 0. The van der Waals surface area contributed by atoms with Gasteiger partial charge in [0.1, 0.15) is 24.4 Å². The van der Waals surface area contributed by atoms with E-state index in [0.29, 0.717) is 0 Å². The molecule has 0 aliphatic carbocycles. The van der Waals surface area contributed by atoms with Gasteiger partial charge in [-0.05, 0) is 6.92 Å². The number of ether oxygens (including phenoxy) is 1. The molecule has 1 fully saturated rings. The molecule has 5 atom stereocenters. The summed E-state index contributed by atoms with van der Waals surface area (Å²) in [6, 6.07) is 0. The molecule has 1 aromatic rings. The van der Waals surface area contributed by atoms with E-state index >= 15 is 0 Å². The van der Waals surface area contributed by atoms with Crippen molar-refractivity contribution in [1.82, 2.24) is 9.55 Å². The van der Waals surface area contributed by atoms with Gasteiger partial charge in [0.15, 0.2) is 0 Å². The lowest BCUT2D eigenvalue weighted by Gasteiger charge is -2.16. The van der Waals surface area contributed by atoms with Gasteiger partial charge in [-0.1, -0.05) is 0 Å². The van der Waals surface area contributed by atoms with E-state index < -0.39 is 48.4 Å². The van der Waals surface area contributed by atoms with Crippen molar-refractivity contribution >= 4 is 0 Å². The molecule has 0 bridgehead atoms. The first-order valence-electron chi connectivity index (χ1n) is 6.49. The standard InChI is InChI=1S/C12H18N2O7/c1-5(16)2-14-3-6(11(19)13-12(14)20)10-9(18)8(17)7(4-15)21-10/h3,5,7-10,15-18H,2,4H2,1H3,(H,13,19,20)/t5?,7-,8-,9-,10+/m1/s1. The van der Waals surface area contributed by atoms with Crippen molar-refractivity contribution in [2.45, 2.75) is 44.0 Å². The Morgan fingerprint density at radius 2 is 2.05 bits per heavy atom. The summed E-state index contributed by atoms with van der Waals surface area (Å²) in [5, 5.41) is 38.0. The molecule has 1 aliphatic rings. The van der Waals surface area contributed by atoms with Crippen LogP contribution >= 0.6 is 0 Å². The highest BCUT2D eigenvalue weighted by Gasteiger charge is 2.44. The van der Waals surface area contributed by atoms with E-state index in [2.05, 4.69) is 4.98 Å². The fourth-order valence-corrected chi connectivity index (χ4v) is 2.31. The Hall–Kier alpha value is -1.52. The third kappa shape index (κ3) is 3.06. The summed E-state index contributed by atoms with van der Waals surface area (Å²) in [6.07, 6.45) is -4.55. The van der Waals surface area contributed by atoms with Crippen molar-refractivity contribution in [2.75, 3.05) is 6.61 Å². The van der Waals surface area contributed by atoms with E-state index in [-0.39, 0.29) is 12.1 Å². The summed E-state index contributed by atoms with van der Waals surface area (Å²) < 4.78 is 6.33. The van der Waals surface area contributed by atoms with Gasteiger partial charge in [-0.15, -0.1) is 0 Å². The van der Waals surface area contributed by atoms with Crippen LogP contribution in [0.2, 0.25) is 0 Å². The lowest BCUT2D eigenvalue weighted by atomic mass is 10.0. The fourth-order valence-electron chi connectivity index (χ4n) is 2.31.